The number of carbonyl (C=O) groups is 1. The van der Waals surface area contributed by atoms with Gasteiger partial charge in [-0.1, -0.05) is 13.3 Å². The van der Waals surface area contributed by atoms with Crippen molar-refractivity contribution in [3.8, 4) is 0 Å². The summed E-state index contributed by atoms with van der Waals surface area (Å²) >= 11 is 0. The fourth-order valence-corrected chi connectivity index (χ4v) is 4.14. The summed E-state index contributed by atoms with van der Waals surface area (Å²) in [4.78, 5) is 10.4. The highest BCUT2D eigenvalue weighted by atomic mass is 32.2. The summed E-state index contributed by atoms with van der Waals surface area (Å²) in [5.74, 6) is -0.983. The number of benzene rings is 1. The van der Waals surface area contributed by atoms with E-state index in [-0.39, 0.29) is 35.7 Å². The van der Waals surface area contributed by atoms with Crippen LogP contribution < -0.4 is 9.44 Å². The monoisotopic (exact) mass is 378 g/mol. The van der Waals surface area contributed by atoms with Crippen LogP contribution in [0, 0.1) is 0 Å². The molecule has 0 aliphatic rings. The second-order valence-corrected chi connectivity index (χ2v) is 8.80. The standard InChI is InChI=1S/C14H22N2O6S2/c1-2-3-11-23(19,20)16-12-6-8-13(9-7-12)24(21,22)15-10-4-5-14(17)18/h6-9,15-16H,2-5,10-11H2,1H3,(H,17,18). The molecular weight excluding hydrogens is 356 g/mol. The number of aliphatic carboxylic acids is 1. The van der Waals surface area contributed by atoms with Crippen molar-refractivity contribution in [3.05, 3.63) is 24.3 Å². The van der Waals surface area contributed by atoms with Crippen molar-refractivity contribution in [2.24, 2.45) is 0 Å². The summed E-state index contributed by atoms with van der Waals surface area (Å²) in [5, 5.41) is 8.50. The fourth-order valence-electron chi connectivity index (χ4n) is 1.80. The van der Waals surface area contributed by atoms with E-state index in [9.17, 15) is 21.6 Å². The predicted molar refractivity (Wildman–Crippen MR) is 90.8 cm³/mol. The van der Waals surface area contributed by atoms with Gasteiger partial charge in [0.25, 0.3) is 0 Å². The second kappa shape index (κ2) is 9.00. The number of unbranched alkanes of at least 4 members (excludes halogenated alkanes) is 1. The van der Waals surface area contributed by atoms with Crippen LogP contribution in [0.4, 0.5) is 5.69 Å². The van der Waals surface area contributed by atoms with E-state index in [0.717, 1.165) is 6.42 Å². The van der Waals surface area contributed by atoms with Crippen molar-refractivity contribution in [2.45, 2.75) is 37.5 Å². The van der Waals surface area contributed by atoms with E-state index in [1.54, 1.807) is 0 Å². The lowest BCUT2D eigenvalue weighted by atomic mass is 10.3. The number of nitrogens with one attached hydrogen (secondary N) is 2. The van der Waals surface area contributed by atoms with Crippen LogP contribution in [0.15, 0.2) is 29.2 Å². The minimum absolute atomic E-state index is 0.00861. The Morgan fingerprint density at radius 1 is 1.08 bits per heavy atom. The maximum absolute atomic E-state index is 12.0. The predicted octanol–water partition coefficient (Wildman–Crippen LogP) is 1.37. The van der Waals surface area contributed by atoms with Gasteiger partial charge in [-0.15, -0.1) is 0 Å². The summed E-state index contributed by atoms with van der Waals surface area (Å²) in [6, 6.07) is 5.32. The molecule has 0 saturated carbocycles. The summed E-state index contributed by atoms with van der Waals surface area (Å²) in [7, 11) is -7.19. The van der Waals surface area contributed by atoms with Crippen molar-refractivity contribution in [1.82, 2.24) is 4.72 Å². The van der Waals surface area contributed by atoms with Crippen LogP contribution in [0.2, 0.25) is 0 Å². The van der Waals surface area contributed by atoms with Gasteiger partial charge < -0.3 is 5.11 Å². The highest BCUT2D eigenvalue weighted by Gasteiger charge is 2.15. The SMILES string of the molecule is CCCCS(=O)(=O)Nc1ccc(S(=O)(=O)NCCCC(=O)O)cc1. The number of carboxylic acids is 1. The van der Waals surface area contributed by atoms with Crippen LogP contribution in [0.25, 0.3) is 0 Å². The van der Waals surface area contributed by atoms with Gasteiger partial charge >= 0.3 is 5.97 Å². The molecule has 3 N–H and O–H groups in total. The quantitative estimate of drug-likeness (QED) is 0.499. The molecule has 0 heterocycles. The van der Waals surface area contributed by atoms with Gasteiger partial charge in [0.1, 0.15) is 0 Å². The highest BCUT2D eigenvalue weighted by Crippen LogP contribution is 2.15. The normalized spacial score (nSPS) is 12.0. The van der Waals surface area contributed by atoms with E-state index in [2.05, 4.69) is 9.44 Å². The Labute approximate surface area is 142 Å². The molecule has 0 bridgehead atoms. The van der Waals surface area contributed by atoms with Crippen molar-refractivity contribution in [3.63, 3.8) is 0 Å². The number of hydrogen-bond acceptors (Lipinski definition) is 5. The molecule has 136 valence electrons. The molecule has 1 rings (SSSR count). The molecule has 0 radical (unpaired) electrons. The third-order valence-electron chi connectivity index (χ3n) is 3.06. The summed E-state index contributed by atoms with van der Waals surface area (Å²) < 4.78 is 52.3. The number of anilines is 1. The molecule has 0 atom stereocenters. The van der Waals surface area contributed by atoms with Gasteiger partial charge in [0, 0.05) is 18.7 Å². The van der Waals surface area contributed by atoms with Crippen molar-refractivity contribution < 1.29 is 26.7 Å². The second-order valence-electron chi connectivity index (χ2n) is 5.19. The van der Waals surface area contributed by atoms with E-state index in [0.29, 0.717) is 6.42 Å². The average molecular weight is 378 g/mol. The van der Waals surface area contributed by atoms with Gasteiger partial charge in [0.15, 0.2) is 0 Å². The topological polar surface area (TPSA) is 130 Å². The molecular formula is C14H22N2O6S2. The maximum atomic E-state index is 12.0. The van der Waals surface area contributed by atoms with E-state index < -0.39 is 26.0 Å². The van der Waals surface area contributed by atoms with Gasteiger partial charge in [-0.25, -0.2) is 21.6 Å². The van der Waals surface area contributed by atoms with Gasteiger partial charge in [-0.05, 0) is 37.1 Å². The first-order valence-corrected chi connectivity index (χ1v) is 10.6. The van der Waals surface area contributed by atoms with Crippen LogP contribution in [-0.4, -0.2) is 40.2 Å². The maximum Gasteiger partial charge on any atom is 0.303 e. The molecule has 0 fully saturated rings. The third-order valence-corrected chi connectivity index (χ3v) is 5.91. The molecule has 8 nitrogen and oxygen atoms in total. The van der Waals surface area contributed by atoms with Crippen LogP contribution in [0.5, 0.6) is 0 Å². The number of rotatable bonds is 11. The molecule has 0 spiro atoms. The molecule has 0 aliphatic heterocycles. The van der Waals surface area contributed by atoms with E-state index in [4.69, 9.17) is 5.11 Å². The molecule has 0 unspecified atom stereocenters. The van der Waals surface area contributed by atoms with Gasteiger partial charge in [0.2, 0.25) is 20.0 Å². The van der Waals surface area contributed by atoms with E-state index in [1.165, 1.54) is 24.3 Å². The first kappa shape index (κ1) is 20.4. The number of sulfonamides is 2. The van der Waals surface area contributed by atoms with E-state index >= 15 is 0 Å². The lowest BCUT2D eigenvalue weighted by Crippen LogP contribution is -2.25. The Kier molecular flexibility index (Phi) is 7.64. The molecule has 1 aromatic rings. The third kappa shape index (κ3) is 7.28. The highest BCUT2D eigenvalue weighted by molar-refractivity contribution is 7.92. The van der Waals surface area contributed by atoms with Gasteiger partial charge in [0.05, 0.1) is 10.6 Å². The van der Waals surface area contributed by atoms with Crippen LogP contribution in [0.1, 0.15) is 32.6 Å². The molecule has 0 saturated heterocycles. The van der Waals surface area contributed by atoms with Crippen LogP contribution in [0.3, 0.4) is 0 Å². The van der Waals surface area contributed by atoms with E-state index in [1.807, 2.05) is 6.92 Å². The van der Waals surface area contributed by atoms with Gasteiger partial charge in [-0.3, -0.25) is 9.52 Å². The Morgan fingerprint density at radius 3 is 2.25 bits per heavy atom. The zero-order valence-corrected chi connectivity index (χ0v) is 15.0. The Bertz CT molecular complexity index is 742. The first-order valence-electron chi connectivity index (χ1n) is 7.48. The summed E-state index contributed by atoms with van der Waals surface area (Å²) in [5.41, 5.74) is 0.288. The van der Waals surface area contributed by atoms with Gasteiger partial charge in [-0.2, -0.15) is 0 Å². The Balaban J connectivity index is 2.67. The lowest BCUT2D eigenvalue weighted by molar-refractivity contribution is -0.137. The molecule has 0 amide bonds. The molecule has 0 aromatic heterocycles. The Hall–Kier alpha value is -1.65. The smallest absolute Gasteiger partial charge is 0.303 e. The summed E-state index contributed by atoms with van der Waals surface area (Å²) in [6.45, 7) is 1.90. The summed E-state index contributed by atoms with van der Waals surface area (Å²) in [6.07, 6.45) is 1.36. The molecule has 0 aliphatic carbocycles. The molecule has 10 heteroatoms. The van der Waals surface area contributed by atoms with Crippen LogP contribution >= 0.6 is 0 Å². The number of hydrogen-bond donors (Lipinski definition) is 3. The number of carboxylic acid groups (broad SMARTS) is 1. The fraction of sp³-hybridized carbons (Fsp3) is 0.500. The minimum Gasteiger partial charge on any atom is -0.481 e. The zero-order chi connectivity index (χ0) is 18.2. The van der Waals surface area contributed by atoms with Crippen molar-refractivity contribution >= 4 is 31.7 Å². The largest absolute Gasteiger partial charge is 0.481 e. The van der Waals surface area contributed by atoms with Crippen molar-refractivity contribution in [2.75, 3.05) is 17.0 Å². The zero-order valence-electron chi connectivity index (χ0n) is 13.4. The average Bonchev–Trinajstić information content (AvgIpc) is 2.50. The first-order chi connectivity index (χ1) is 11.2. The Morgan fingerprint density at radius 2 is 1.71 bits per heavy atom. The minimum atomic E-state index is -3.75. The lowest BCUT2D eigenvalue weighted by Gasteiger charge is -2.09. The molecule has 1 aromatic carbocycles. The molecule has 24 heavy (non-hydrogen) atoms. The van der Waals surface area contributed by atoms with Crippen LogP contribution in [-0.2, 0) is 24.8 Å². The van der Waals surface area contributed by atoms with Crippen molar-refractivity contribution in [1.29, 1.82) is 0 Å².